The number of hydrogen-bond donors (Lipinski definition) is 4. The lowest BCUT2D eigenvalue weighted by Gasteiger charge is -2.64. The summed E-state index contributed by atoms with van der Waals surface area (Å²) in [5.41, 5.74) is 4.54. The standard InChI is InChI=1S/C50H61ClN6O7S/c1-48(2,3)43(46(62)57-28-36(58)24-39(57)45(61)54-26-31-11-13-32(14-12-31)40-27-53-30-65-40)55-41(59)29-63-21-9-8-10-22-64-37-19-17-33(18-20-37)44(60)56-47-49(4,5)42(50(47,6)7)34-15-16-35(25-52)38(51)23-34/h11-20,23,27,30,36,39,42-43,47,58H,8-10,21-22,24,26,28-29H2,1-7H3,(H,54,61)(H,55,59)(H,56,60)/t36-,39+,42?,43-,47?/m1/s1. The van der Waals surface area contributed by atoms with Crippen molar-refractivity contribution in [2.75, 3.05) is 26.4 Å². The van der Waals surface area contributed by atoms with Crippen LogP contribution in [0.25, 0.3) is 10.4 Å². The first-order chi connectivity index (χ1) is 30.8. The van der Waals surface area contributed by atoms with E-state index in [9.17, 15) is 29.5 Å². The van der Waals surface area contributed by atoms with Crippen molar-refractivity contribution in [3.05, 3.63) is 106 Å². The molecule has 3 atom stereocenters. The van der Waals surface area contributed by atoms with Crippen LogP contribution in [0.3, 0.4) is 0 Å². The third-order valence-electron chi connectivity index (χ3n) is 12.7. The highest BCUT2D eigenvalue weighted by Gasteiger charge is 2.62. The molecule has 13 nitrogen and oxygen atoms in total. The van der Waals surface area contributed by atoms with Gasteiger partial charge < -0.3 is 35.4 Å². The van der Waals surface area contributed by atoms with Gasteiger partial charge in [0, 0.05) is 43.9 Å². The van der Waals surface area contributed by atoms with E-state index in [0.29, 0.717) is 41.5 Å². The smallest absolute Gasteiger partial charge is 0.251 e. The quantitative estimate of drug-likeness (QED) is 0.0729. The second-order valence-corrected chi connectivity index (χ2v) is 20.7. The number of ether oxygens (including phenoxy) is 2. The molecule has 4 N–H and O–H groups in total. The van der Waals surface area contributed by atoms with E-state index in [2.05, 4.69) is 54.7 Å². The van der Waals surface area contributed by atoms with Gasteiger partial charge in [-0.3, -0.25) is 24.2 Å². The number of rotatable bonds is 18. The number of hydrogen-bond acceptors (Lipinski definition) is 10. The molecule has 3 aromatic carbocycles. The number of benzene rings is 3. The molecule has 1 aliphatic carbocycles. The molecule has 4 amide bonds. The minimum absolute atomic E-state index is 0.00982. The molecule has 1 saturated heterocycles. The van der Waals surface area contributed by atoms with Crippen LogP contribution in [0.1, 0.15) is 107 Å². The largest absolute Gasteiger partial charge is 0.494 e. The van der Waals surface area contributed by atoms with Crippen LogP contribution in [-0.4, -0.2) is 89.2 Å². The van der Waals surface area contributed by atoms with Crippen LogP contribution in [0.5, 0.6) is 5.75 Å². The van der Waals surface area contributed by atoms with Gasteiger partial charge in [0.25, 0.3) is 5.91 Å². The molecular weight excluding hydrogens is 864 g/mol. The Hall–Kier alpha value is -5.33. The van der Waals surface area contributed by atoms with Crippen LogP contribution < -0.4 is 20.7 Å². The van der Waals surface area contributed by atoms with Gasteiger partial charge >= 0.3 is 0 Å². The average molecular weight is 926 g/mol. The first kappa shape index (κ1) is 49.1. The summed E-state index contributed by atoms with van der Waals surface area (Å²) in [5.74, 6) is -0.620. The number of nitriles is 1. The summed E-state index contributed by atoms with van der Waals surface area (Å²) < 4.78 is 11.6. The molecule has 1 aliphatic heterocycles. The summed E-state index contributed by atoms with van der Waals surface area (Å²) >= 11 is 7.91. The Morgan fingerprint density at radius 2 is 1.68 bits per heavy atom. The van der Waals surface area contributed by atoms with Crippen molar-refractivity contribution < 1.29 is 33.8 Å². The van der Waals surface area contributed by atoms with E-state index in [1.807, 2.05) is 57.2 Å². The molecule has 346 valence electrons. The number of thiazole rings is 1. The summed E-state index contributed by atoms with van der Waals surface area (Å²) in [6.07, 6.45) is 3.29. The molecule has 0 unspecified atom stereocenters. The molecule has 65 heavy (non-hydrogen) atoms. The van der Waals surface area contributed by atoms with Crippen molar-refractivity contribution in [1.29, 1.82) is 5.26 Å². The zero-order valence-electron chi connectivity index (χ0n) is 38.3. The van der Waals surface area contributed by atoms with E-state index in [1.165, 1.54) is 4.90 Å². The monoisotopic (exact) mass is 924 g/mol. The minimum Gasteiger partial charge on any atom is -0.494 e. The molecule has 1 aromatic heterocycles. The van der Waals surface area contributed by atoms with E-state index in [-0.39, 0.29) is 60.7 Å². The van der Waals surface area contributed by atoms with Gasteiger partial charge in [0.05, 0.1) is 33.7 Å². The molecule has 15 heteroatoms. The predicted octanol–water partition coefficient (Wildman–Crippen LogP) is 7.66. The number of carbonyl (C=O) groups is 4. The molecule has 0 bridgehead atoms. The van der Waals surface area contributed by atoms with E-state index in [0.717, 1.165) is 34.4 Å². The number of nitrogens with zero attached hydrogens (tertiary/aromatic N) is 3. The highest BCUT2D eigenvalue weighted by molar-refractivity contribution is 7.13. The maximum absolute atomic E-state index is 13.9. The van der Waals surface area contributed by atoms with Gasteiger partial charge in [-0.05, 0) is 94.5 Å². The lowest BCUT2D eigenvalue weighted by atomic mass is 9.43. The van der Waals surface area contributed by atoms with E-state index in [1.54, 1.807) is 53.4 Å². The van der Waals surface area contributed by atoms with E-state index in [4.69, 9.17) is 21.1 Å². The Labute approximate surface area is 391 Å². The maximum Gasteiger partial charge on any atom is 0.251 e. The molecule has 2 fully saturated rings. The zero-order valence-corrected chi connectivity index (χ0v) is 39.9. The van der Waals surface area contributed by atoms with Crippen molar-refractivity contribution in [3.8, 4) is 22.3 Å². The number of aromatic nitrogens is 1. The van der Waals surface area contributed by atoms with Crippen molar-refractivity contribution in [2.24, 2.45) is 16.2 Å². The predicted molar refractivity (Wildman–Crippen MR) is 251 cm³/mol. The zero-order chi connectivity index (χ0) is 47.1. The van der Waals surface area contributed by atoms with Gasteiger partial charge in [-0.25, -0.2) is 0 Å². The Balaban J connectivity index is 0.882. The van der Waals surface area contributed by atoms with Crippen LogP contribution in [0, 0.1) is 27.6 Å². The highest BCUT2D eigenvalue weighted by Crippen LogP contribution is 2.64. The van der Waals surface area contributed by atoms with Crippen molar-refractivity contribution >= 4 is 46.6 Å². The normalized spacial score (nSPS) is 20.2. The average Bonchev–Trinajstić information content (AvgIpc) is 3.95. The second-order valence-electron chi connectivity index (χ2n) is 19.4. The number of aliphatic hydroxyl groups excluding tert-OH is 1. The van der Waals surface area contributed by atoms with Crippen LogP contribution in [0.4, 0.5) is 0 Å². The van der Waals surface area contributed by atoms with Crippen LogP contribution in [0.2, 0.25) is 5.02 Å². The van der Waals surface area contributed by atoms with E-state index < -0.39 is 35.4 Å². The number of carbonyl (C=O) groups excluding carboxylic acids is 4. The number of nitrogens with one attached hydrogen (secondary N) is 3. The number of aliphatic hydroxyl groups is 1. The Bertz CT molecular complexity index is 2320. The number of amides is 4. The molecule has 6 rings (SSSR count). The van der Waals surface area contributed by atoms with Gasteiger partial charge in [-0.15, -0.1) is 11.3 Å². The van der Waals surface area contributed by atoms with Gasteiger partial charge in [-0.1, -0.05) is 90.4 Å². The fourth-order valence-electron chi connectivity index (χ4n) is 9.72. The molecule has 4 aromatic rings. The van der Waals surface area contributed by atoms with Crippen LogP contribution >= 0.6 is 22.9 Å². The van der Waals surface area contributed by atoms with Crippen molar-refractivity contribution in [3.63, 3.8) is 0 Å². The number of halogens is 1. The maximum atomic E-state index is 13.9. The topological polar surface area (TPSA) is 183 Å². The minimum atomic E-state index is -0.949. The highest BCUT2D eigenvalue weighted by atomic mass is 35.5. The first-order valence-electron chi connectivity index (χ1n) is 22.2. The summed E-state index contributed by atoms with van der Waals surface area (Å²) in [7, 11) is 0. The molecular formula is C50H61ClN6O7S. The number of likely N-dealkylation sites (tertiary alicyclic amines) is 1. The van der Waals surface area contributed by atoms with Gasteiger partial charge in [0.1, 0.15) is 30.5 Å². The molecule has 2 aliphatic rings. The summed E-state index contributed by atoms with van der Waals surface area (Å²) in [5, 5.41) is 29.3. The summed E-state index contributed by atoms with van der Waals surface area (Å²) in [4.78, 5) is 60.3. The van der Waals surface area contributed by atoms with E-state index >= 15 is 0 Å². The van der Waals surface area contributed by atoms with Gasteiger partial charge in [0.2, 0.25) is 17.7 Å². The number of unbranched alkanes of at least 4 members (excludes halogenated alkanes) is 2. The van der Waals surface area contributed by atoms with Crippen LogP contribution in [0.15, 0.2) is 78.4 Å². The summed E-state index contributed by atoms with van der Waals surface area (Å²) in [6.45, 7) is 14.9. The Kier molecular flexibility index (Phi) is 15.8. The third-order valence-corrected chi connectivity index (χ3v) is 13.8. The molecule has 0 spiro atoms. The summed E-state index contributed by atoms with van der Waals surface area (Å²) in [6, 6.07) is 20.7. The first-order valence-corrected chi connectivity index (χ1v) is 23.4. The van der Waals surface area contributed by atoms with Gasteiger partial charge in [-0.2, -0.15) is 5.26 Å². The SMILES string of the molecule is CC1(C)C(NC(=O)c2ccc(OCCCCCOCC(=O)N[C@H](C(=O)N3C[C@H](O)C[C@H]3C(=O)NCc3ccc(-c4cncs4)cc3)C(C)(C)C)cc2)C(C)(C)C1c1ccc(C#N)c(Cl)c1. The molecule has 0 radical (unpaired) electrons. The molecule has 2 heterocycles. The fourth-order valence-corrected chi connectivity index (χ4v) is 10.6. The van der Waals surface area contributed by atoms with Crippen molar-refractivity contribution in [2.45, 2.75) is 111 Å². The molecule has 1 saturated carbocycles. The number of β-amino-alcohol motifs (C(OH)–C–C–N with tert-alkyl or cyclic N) is 1. The third kappa shape index (κ3) is 11.7. The lowest BCUT2D eigenvalue weighted by molar-refractivity contribution is -0.144. The van der Waals surface area contributed by atoms with Crippen LogP contribution in [-0.2, 0) is 25.7 Å². The second kappa shape index (κ2) is 20.9. The fraction of sp³-hybridized carbons (Fsp3) is 0.480. The van der Waals surface area contributed by atoms with Crippen molar-refractivity contribution in [1.82, 2.24) is 25.8 Å². The Morgan fingerprint density at radius 1 is 0.985 bits per heavy atom. The lowest BCUT2D eigenvalue weighted by Crippen LogP contribution is -2.68. The Morgan fingerprint density at radius 3 is 2.31 bits per heavy atom. The van der Waals surface area contributed by atoms with Gasteiger partial charge in [0.15, 0.2) is 0 Å².